The van der Waals surface area contributed by atoms with Crippen molar-refractivity contribution in [3.8, 4) is 0 Å². The highest BCUT2D eigenvalue weighted by Gasteiger charge is 2.36. The third-order valence-electron chi connectivity index (χ3n) is 7.55. The predicted octanol–water partition coefficient (Wildman–Crippen LogP) is 4.13. The second-order valence-electron chi connectivity index (χ2n) is 10.4. The molecule has 40 heavy (non-hydrogen) atoms. The van der Waals surface area contributed by atoms with Crippen molar-refractivity contribution in [2.45, 2.75) is 63.1 Å². The van der Waals surface area contributed by atoms with Crippen LogP contribution in [0.4, 0.5) is 0 Å². The lowest BCUT2D eigenvalue weighted by Crippen LogP contribution is -2.53. The summed E-state index contributed by atoms with van der Waals surface area (Å²) in [6.45, 7) is 1.45. The fraction of sp³-hybridized carbons (Fsp3) is 0.364. The quantitative estimate of drug-likeness (QED) is 0.284. The second kappa shape index (κ2) is 15.0. The van der Waals surface area contributed by atoms with Gasteiger partial charge in [-0.05, 0) is 55.3 Å². The number of nitrogens with one attached hydrogen (secondary N) is 2. The molecule has 3 aromatic carbocycles. The normalized spacial score (nSPS) is 15.6. The Morgan fingerprint density at radius 3 is 2.05 bits per heavy atom. The predicted molar refractivity (Wildman–Crippen MR) is 157 cm³/mol. The molecule has 1 aliphatic heterocycles. The van der Waals surface area contributed by atoms with Gasteiger partial charge in [0.05, 0.1) is 0 Å². The highest BCUT2D eigenvalue weighted by molar-refractivity contribution is 5.92. The minimum Gasteiger partial charge on any atom is -0.350 e. The second-order valence-corrected chi connectivity index (χ2v) is 10.4. The van der Waals surface area contributed by atoms with Crippen molar-refractivity contribution in [2.75, 3.05) is 13.1 Å². The lowest BCUT2D eigenvalue weighted by Gasteiger charge is -2.28. The van der Waals surface area contributed by atoms with Crippen LogP contribution in [0.3, 0.4) is 0 Å². The van der Waals surface area contributed by atoms with Crippen molar-refractivity contribution >= 4 is 17.7 Å². The molecule has 4 rings (SSSR count). The summed E-state index contributed by atoms with van der Waals surface area (Å²) in [5.74, 6) is -0.650. The molecule has 0 spiro atoms. The number of carbonyl (C=O) groups is 3. The number of hydrogen-bond donors (Lipinski definition) is 3. The molecule has 0 radical (unpaired) electrons. The van der Waals surface area contributed by atoms with Crippen molar-refractivity contribution < 1.29 is 14.4 Å². The number of benzene rings is 3. The Hall–Kier alpha value is -3.97. The fourth-order valence-electron chi connectivity index (χ4n) is 5.37. The Balaban J connectivity index is 1.43. The molecule has 0 saturated carbocycles. The van der Waals surface area contributed by atoms with Gasteiger partial charge in [0.25, 0.3) is 0 Å². The molecule has 210 valence electrons. The van der Waals surface area contributed by atoms with E-state index >= 15 is 0 Å². The average molecular weight is 541 g/mol. The molecule has 1 fully saturated rings. The number of likely N-dealkylation sites (tertiary alicyclic amines) is 1. The first-order chi connectivity index (χ1) is 19.6. The van der Waals surface area contributed by atoms with Gasteiger partial charge in [-0.1, -0.05) is 91.0 Å². The van der Waals surface area contributed by atoms with Crippen LogP contribution in [0.2, 0.25) is 0 Å². The van der Waals surface area contributed by atoms with E-state index in [0.29, 0.717) is 32.5 Å². The number of nitrogens with two attached hydrogens (primary N) is 1. The molecule has 7 heteroatoms. The number of hydrogen-bond acceptors (Lipinski definition) is 4. The van der Waals surface area contributed by atoms with Gasteiger partial charge in [0.2, 0.25) is 17.7 Å². The lowest BCUT2D eigenvalue weighted by atomic mass is 9.88. The third kappa shape index (κ3) is 8.02. The zero-order chi connectivity index (χ0) is 28.2. The molecule has 1 unspecified atom stereocenters. The average Bonchev–Trinajstić information content (AvgIpc) is 3.50. The first kappa shape index (κ1) is 29.0. The van der Waals surface area contributed by atoms with Crippen molar-refractivity contribution in [3.63, 3.8) is 0 Å². The molecule has 0 bridgehead atoms. The van der Waals surface area contributed by atoms with Gasteiger partial charge < -0.3 is 21.3 Å². The van der Waals surface area contributed by atoms with Gasteiger partial charge >= 0.3 is 0 Å². The number of amides is 3. The summed E-state index contributed by atoms with van der Waals surface area (Å²) in [7, 11) is 0. The van der Waals surface area contributed by atoms with E-state index in [2.05, 4.69) is 10.6 Å². The van der Waals surface area contributed by atoms with Crippen molar-refractivity contribution in [1.29, 1.82) is 0 Å². The molecule has 1 heterocycles. The minimum atomic E-state index is -0.679. The van der Waals surface area contributed by atoms with Crippen molar-refractivity contribution in [2.24, 2.45) is 5.73 Å². The summed E-state index contributed by atoms with van der Waals surface area (Å²) in [6, 6.07) is 28.4. The van der Waals surface area contributed by atoms with Crippen LogP contribution in [0.15, 0.2) is 91.0 Å². The van der Waals surface area contributed by atoms with Crippen LogP contribution >= 0.6 is 0 Å². The highest BCUT2D eigenvalue weighted by atomic mass is 16.2. The summed E-state index contributed by atoms with van der Waals surface area (Å²) in [4.78, 5) is 42.0. The van der Waals surface area contributed by atoms with E-state index in [1.807, 2.05) is 91.0 Å². The smallest absolute Gasteiger partial charge is 0.243 e. The Morgan fingerprint density at radius 2 is 1.45 bits per heavy atom. The van der Waals surface area contributed by atoms with E-state index in [4.69, 9.17) is 5.73 Å². The van der Waals surface area contributed by atoms with E-state index in [1.165, 1.54) is 0 Å². The van der Waals surface area contributed by atoms with E-state index in [-0.39, 0.29) is 30.1 Å². The van der Waals surface area contributed by atoms with Gasteiger partial charge in [0.1, 0.15) is 12.1 Å². The van der Waals surface area contributed by atoms with Gasteiger partial charge in [-0.15, -0.1) is 0 Å². The number of rotatable bonds is 13. The molecule has 0 aromatic heterocycles. The maximum atomic E-state index is 13.7. The summed E-state index contributed by atoms with van der Waals surface area (Å²) in [5, 5.41) is 5.92. The van der Waals surface area contributed by atoms with Crippen LogP contribution in [-0.4, -0.2) is 47.8 Å². The largest absolute Gasteiger partial charge is 0.350 e. The van der Waals surface area contributed by atoms with Crippen molar-refractivity contribution in [1.82, 2.24) is 15.5 Å². The zero-order valence-electron chi connectivity index (χ0n) is 23.0. The molecular formula is C33H40N4O3. The van der Waals surface area contributed by atoms with Gasteiger partial charge in [-0.2, -0.15) is 0 Å². The SMILES string of the molecule is NCCCC[C@H](NC(=O)C1CCCN1C(=O)CC(c1ccccc1)c1ccccc1)C(=O)NCc1ccccc1. The molecule has 4 N–H and O–H groups in total. The van der Waals surface area contributed by atoms with E-state index in [0.717, 1.165) is 36.0 Å². The Morgan fingerprint density at radius 1 is 0.850 bits per heavy atom. The molecule has 0 aliphatic carbocycles. The van der Waals surface area contributed by atoms with Crippen LogP contribution < -0.4 is 16.4 Å². The maximum Gasteiger partial charge on any atom is 0.243 e. The van der Waals surface area contributed by atoms with Crippen LogP contribution in [0.25, 0.3) is 0 Å². The van der Waals surface area contributed by atoms with Gasteiger partial charge in [0.15, 0.2) is 0 Å². The Kier molecular flexibility index (Phi) is 10.9. The summed E-state index contributed by atoms with van der Waals surface area (Å²) < 4.78 is 0. The summed E-state index contributed by atoms with van der Waals surface area (Å²) >= 11 is 0. The van der Waals surface area contributed by atoms with Gasteiger partial charge in [-0.25, -0.2) is 0 Å². The van der Waals surface area contributed by atoms with E-state index in [9.17, 15) is 14.4 Å². The van der Waals surface area contributed by atoms with Crippen LogP contribution in [0.1, 0.15) is 61.1 Å². The van der Waals surface area contributed by atoms with Gasteiger partial charge in [-0.3, -0.25) is 14.4 Å². The fourth-order valence-corrected chi connectivity index (χ4v) is 5.37. The standard InChI is InChI=1S/C33H40N4O3/c34-21-11-10-19-29(32(39)35-24-25-13-4-1-5-14-25)36-33(40)30-20-12-22-37(30)31(38)23-28(26-15-6-2-7-16-26)27-17-8-3-9-18-27/h1-9,13-18,28-30H,10-12,19-24,34H2,(H,35,39)(H,36,40)/t29-,30?/m0/s1. The molecular weight excluding hydrogens is 500 g/mol. The molecule has 1 aliphatic rings. The summed E-state index contributed by atoms with van der Waals surface area (Å²) in [5.41, 5.74) is 8.79. The van der Waals surface area contributed by atoms with Crippen molar-refractivity contribution in [3.05, 3.63) is 108 Å². The van der Waals surface area contributed by atoms with E-state index < -0.39 is 12.1 Å². The molecule has 3 aromatic rings. The topological polar surface area (TPSA) is 105 Å². The molecule has 2 atom stereocenters. The first-order valence-corrected chi connectivity index (χ1v) is 14.3. The molecule has 3 amide bonds. The van der Waals surface area contributed by atoms with E-state index in [1.54, 1.807) is 4.90 Å². The molecule has 1 saturated heterocycles. The summed E-state index contributed by atoms with van der Waals surface area (Å²) in [6.07, 6.45) is 3.60. The minimum absolute atomic E-state index is 0.0523. The lowest BCUT2D eigenvalue weighted by molar-refractivity contribution is -0.139. The Labute approximate surface area is 237 Å². The van der Waals surface area contributed by atoms with Crippen LogP contribution in [-0.2, 0) is 20.9 Å². The number of carbonyl (C=O) groups excluding carboxylic acids is 3. The zero-order valence-corrected chi connectivity index (χ0v) is 23.0. The number of nitrogens with zero attached hydrogens (tertiary/aromatic N) is 1. The first-order valence-electron chi connectivity index (χ1n) is 14.3. The maximum absolute atomic E-state index is 13.7. The van der Waals surface area contributed by atoms with Crippen LogP contribution in [0, 0.1) is 0 Å². The van der Waals surface area contributed by atoms with Gasteiger partial charge in [0, 0.05) is 25.4 Å². The molecule has 7 nitrogen and oxygen atoms in total. The number of unbranched alkanes of at least 4 members (excludes halogenated alkanes) is 1. The Bertz CT molecular complexity index is 1180. The van der Waals surface area contributed by atoms with Crippen LogP contribution in [0.5, 0.6) is 0 Å². The monoisotopic (exact) mass is 540 g/mol. The third-order valence-corrected chi connectivity index (χ3v) is 7.55. The highest BCUT2D eigenvalue weighted by Crippen LogP contribution is 2.30.